The minimum absolute atomic E-state index is 0.131. The first-order valence-corrected chi connectivity index (χ1v) is 5.35. The van der Waals surface area contributed by atoms with E-state index in [4.69, 9.17) is 4.74 Å². The van der Waals surface area contributed by atoms with Crippen molar-refractivity contribution in [2.75, 3.05) is 7.11 Å². The molecule has 1 N–H and O–H groups in total. The Bertz CT molecular complexity index is 558. The van der Waals surface area contributed by atoms with Gasteiger partial charge in [-0.25, -0.2) is 4.98 Å². The summed E-state index contributed by atoms with van der Waals surface area (Å²) in [5.74, 6) is 0.596. The van der Waals surface area contributed by atoms with Crippen molar-refractivity contribution < 1.29 is 4.74 Å². The average Bonchev–Trinajstić information content (AvgIpc) is 2.29. The minimum atomic E-state index is -0.131. The lowest BCUT2D eigenvalue weighted by Gasteiger charge is -2.03. The number of benzene rings is 1. The number of nitrogens with zero attached hydrogens (tertiary/aromatic N) is 1. The molecule has 0 unspecified atom stereocenters. The first-order valence-electron chi connectivity index (χ1n) is 5.35. The fourth-order valence-electron chi connectivity index (χ4n) is 1.64. The summed E-state index contributed by atoms with van der Waals surface area (Å²) in [5, 5.41) is 0. The third-order valence-electron chi connectivity index (χ3n) is 2.41. The number of methoxy groups -OCH3 is 1. The molecule has 4 heteroatoms. The van der Waals surface area contributed by atoms with Gasteiger partial charge in [-0.1, -0.05) is 24.3 Å². The molecule has 2 aromatic rings. The Hall–Kier alpha value is -1.94. The standard InChI is InChI=1S/C13H14N2O2/c1-9-7-12(16)15-13(14-9)11-5-3-10(4-6-11)8-17-2/h3-7H,8H2,1-2H3,(H,14,15,16). The number of hydrogen-bond acceptors (Lipinski definition) is 3. The van der Waals surface area contributed by atoms with E-state index in [1.54, 1.807) is 14.0 Å². The van der Waals surface area contributed by atoms with Crippen molar-refractivity contribution in [3.05, 3.63) is 51.9 Å². The highest BCUT2D eigenvalue weighted by molar-refractivity contribution is 5.55. The van der Waals surface area contributed by atoms with Gasteiger partial charge in [0.25, 0.3) is 5.56 Å². The van der Waals surface area contributed by atoms with Gasteiger partial charge in [0.15, 0.2) is 0 Å². The fraction of sp³-hybridized carbons (Fsp3) is 0.231. The van der Waals surface area contributed by atoms with E-state index in [1.807, 2.05) is 24.3 Å². The Morgan fingerprint density at radius 1 is 1.29 bits per heavy atom. The van der Waals surface area contributed by atoms with Crippen LogP contribution in [0, 0.1) is 6.92 Å². The molecular formula is C13H14N2O2. The Balaban J connectivity index is 2.36. The number of rotatable bonds is 3. The van der Waals surface area contributed by atoms with Crippen molar-refractivity contribution in [2.45, 2.75) is 13.5 Å². The second-order valence-electron chi connectivity index (χ2n) is 3.87. The molecule has 2 rings (SSSR count). The summed E-state index contributed by atoms with van der Waals surface area (Å²) < 4.78 is 5.04. The molecule has 17 heavy (non-hydrogen) atoms. The van der Waals surface area contributed by atoms with Crippen LogP contribution in [-0.2, 0) is 11.3 Å². The maximum atomic E-state index is 11.3. The van der Waals surface area contributed by atoms with Crippen LogP contribution < -0.4 is 5.56 Å². The van der Waals surface area contributed by atoms with Crippen LogP contribution in [0.4, 0.5) is 0 Å². The first kappa shape index (κ1) is 11.5. The molecule has 0 aliphatic rings. The molecule has 0 amide bonds. The topological polar surface area (TPSA) is 55.0 Å². The second-order valence-corrected chi connectivity index (χ2v) is 3.87. The Morgan fingerprint density at radius 3 is 2.59 bits per heavy atom. The van der Waals surface area contributed by atoms with Crippen molar-refractivity contribution in [1.82, 2.24) is 9.97 Å². The van der Waals surface area contributed by atoms with Crippen molar-refractivity contribution in [1.29, 1.82) is 0 Å². The van der Waals surface area contributed by atoms with Gasteiger partial charge in [0, 0.05) is 24.4 Å². The molecule has 0 aliphatic heterocycles. The highest BCUT2D eigenvalue weighted by atomic mass is 16.5. The summed E-state index contributed by atoms with van der Waals surface area (Å²) in [6, 6.07) is 9.24. The smallest absolute Gasteiger partial charge is 0.251 e. The van der Waals surface area contributed by atoms with Gasteiger partial charge in [0.2, 0.25) is 0 Å². The van der Waals surface area contributed by atoms with Gasteiger partial charge < -0.3 is 9.72 Å². The lowest BCUT2D eigenvalue weighted by molar-refractivity contribution is 0.185. The van der Waals surface area contributed by atoms with Gasteiger partial charge in [-0.3, -0.25) is 4.79 Å². The summed E-state index contributed by atoms with van der Waals surface area (Å²) in [7, 11) is 1.66. The molecule has 1 heterocycles. The minimum Gasteiger partial charge on any atom is -0.380 e. The number of H-pyrrole nitrogens is 1. The second kappa shape index (κ2) is 4.93. The van der Waals surface area contributed by atoms with Crippen molar-refractivity contribution in [3.63, 3.8) is 0 Å². The van der Waals surface area contributed by atoms with E-state index < -0.39 is 0 Å². The van der Waals surface area contributed by atoms with Crippen LogP contribution in [-0.4, -0.2) is 17.1 Å². The predicted octanol–water partition coefficient (Wildman–Crippen LogP) is 1.89. The van der Waals surface area contributed by atoms with Gasteiger partial charge >= 0.3 is 0 Å². The van der Waals surface area contributed by atoms with E-state index >= 15 is 0 Å². The molecule has 0 fully saturated rings. The van der Waals surface area contributed by atoms with E-state index in [-0.39, 0.29) is 5.56 Å². The lowest BCUT2D eigenvalue weighted by atomic mass is 10.1. The first-order chi connectivity index (χ1) is 8.19. The number of hydrogen-bond donors (Lipinski definition) is 1. The Labute approximate surface area is 99.3 Å². The maximum Gasteiger partial charge on any atom is 0.251 e. The van der Waals surface area contributed by atoms with Gasteiger partial charge in [-0.2, -0.15) is 0 Å². The highest BCUT2D eigenvalue weighted by Gasteiger charge is 2.02. The number of ether oxygens (including phenoxy) is 1. The summed E-state index contributed by atoms with van der Waals surface area (Å²) in [6.07, 6.45) is 0. The maximum absolute atomic E-state index is 11.3. The molecule has 0 spiro atoms. The van der Waals surface area contributed by atoms with Crippen molar-refractivity contribution >= 4 is 0 Å². The predicted molar refractivity (Wildman–Crippen MR) is 65.7 cm³/mol. The molecule has 0 bridgehead atoms. The normalized spacial score (nSPS) is 10.5. The quantitative estimate of drug-likeness (QED) is 0.876. The zero-order chi connectivity index (χ0) is 12.3. The van der Waals surface area contributed by atoms with E-state index in [9.17, 15) is 4.79 Å². The molecule has 0 saturated carbocycles. The highest BCUT2D eigenvalue weighted by Crippen LogP contribution is 2.14. The number of nitrogens with one attached hydrogen (secondary N) is 1. The Morgan fingerprint density at radius 2 is 2.00 bits per heavy atom. The van der Waals surface area contributed by atoms with E-state index in [0.717, 1.165) is 11.1 Å². The average molecular weight is 230 g/mol. The van der Waals surface area contributed by atoms with Crippen LogP contribution in [0.25, 0.3) is 11.4 Å². The summed E-state index contributed by atoms with van der Waals surface area (Å²) in [5.41, 5.74) is 2.56. The van der Waals surface area contributed by atoms with Crippen LogP contribution in [0.2, 0.25) is 0 Å². The zero-order valence-corrected chi connectivity index (χ0v) is 9.86. The number of aromatic amines is 1. The Kier molecular flexibility index (Phi) is 3.35. The lowest BCUT2D eigenvalue weighted by Crippen LogP contribution is -2.08. The summed E-state index contributed by atoms with van der Waals surface area (Å²) in [4.78, 5) is 18.3. The van der Waals surface area contributed by atoms with E-state index in [0.29, 0.717) is 18.1 Å². The monoisotopic (exact) mass is 230 g/mol. The largest absolute Gasteiger partial charge is 0.380 e. The third-order valence-corrected chi connectivity index (χ3v) is 2.41. The molecule has 88 valence electrons. The molecule has 0 aliphatic carbocycles. The van der Waals surface area contributed by atoms with E-state index in [1.165, 1.54) is 6.07 Å². The molecule has 0 atom stereocenters. The van der Waals surface area contributed by atoms with Gasteiger partial charge in [0.1, 0.15) is 5.82 Å². The molecule has 0 radical (unpaired) electrons. The molecule has 4 nitrogen and oxygen atoms in total. The summed E-state index contributed by atoms with van der Waals surface area (Å²) in [6.45, 7) is 2.38. The van der Waals surface area contributed by atoms with Crippen LogP contribution in [0.15, 0.2) is 35.1 Å². The van der Waals surface area contributed by atoms with Crippen molar-refractivity contribution in [3.8, 4) is 11.4 Å². The molecular weight excluding hydrogens is 216 g/mol. The number of aromatic nitrogens is 2. The molecule has 1 aromatic carbocycles. The fourth-order valence-corrected chi connectivity index (χ4v) is 1.64. The van der Waals surface area contributed by atoms with Crippen LogP contribution in [0.3, 0.4) is 0 Å². The number of aryl methyl sites for hydroxylation is 1. The zero-order valence-electron chi connectivity index (χ0n) is 9.86. The third kappa shape index (κ3) is 2.79. The molecule has 1 aromatic heterocycles. The summed E-state index contributed by atoms with van der Waals surface area (Å²) >= 11 is 0. The van der Waals surface area contributed by atoms with Gasteiger partial charge in [0.05, 0.1) is 6.61 Å². The SMILES string of the molecule is COCc1ccc(-c2nc(C)cc(=O)[nH]2)cc1. The van der Waals surface area contributed by atoms with Gasteiger partial charge in [-0.05, 0) is 12.5 Å². The van der Waals surface area contributed by atoms with Crippen LogP contribution in [0.1, 0.15) is 11.3 Å². The van der Waals surface area contributed by atoms with E-state index in [2.05, 4.69) is 9.97 Å². The molecule has 0 saturated heterocycles. The van der Waals surface area contributed by atoms with Crippen molar-refractivity contribution in [2.24, 2.45) is 0 Å². The van der Waals surface area contributed by atoms with Crippen LogP contribution >= 0.6 is 0 Å². The van der Waals surface area contributed by atoms with Crippen LogP contribution in [0.5, 0.6) is 0 Å². The van der Waals surface area contributed by atoms with Gasteiger partial charge in [-0.15, -0.1) is 0 Å².